The Morgan fingerprint density at radius 3 is 2.75 bits per heavy atom. The number of benzene rings is 1. The van der Waals surface area contributed by atoms with E-state index >= 15 is 0 Å². The lowest BCUT2D eigenvalue weighted by Crippen LogP contribution is -2.19. The van der Waals surface area contributed by atoms with Gasteiger partial charge in [-0.2, -0.15) is 4.98 Å². The molecule has 0 aliphatic heterocycles. The van der Waals surface area contributed by atoms with Crippen LogP contribution < -0.4 is 4.74 Å². The van der Waals surface area contributed by atoms with Gasteiger partial charge in [-0.05, 0) is 33.2 Å². The van der Waals surface area contributed by atoms with E-state index in [1.54, 1.807) is 13.0 Å². The Kier molecular flexibility index (Phi) is 4.90. The van der Waals surface area contributed by atoms with Crippen LogP contribution in [0.1, 0.15) is 17.3 Å². The average Bonchev–Trinajstić information content (AvgIpc) is 2.83. The van der Waals surface area contributed by atoms with Crippen molar-refractivity contribution in [3.8, 4) is 5.75 Å². The highest BCUT2D eigenvalue weighted by atomic mass is 16.5. The van der Waals surface area contributed by atoms with Gasteiger partial charge in [0, 0.05) is 18.2 Å². The van der Waals surface area contributed by atoms with E-state index in [-0.39, 0.29) is 0 Å². The molecule has 20 heavy (non-hydrogen) atoms. The number of nitrogens with zero attached hydrogens (tertiary/aromatic N) is 3. The van der Waals surface area contributed by atoms with E-state index in [4.69, 9.17) is 9.26 Å². The van der Waals surface area contributed by atoms with Gasteiger partial charge in [0.05, 0.1) is 0 Å². The maximum atomic E-state index is 5.78. The van der Waals surface area contributed by atoms with Gasteiger partial charge >= 0.3 is 0 Å². The fourth-order valence-electron chi connectivity index (χ4n) is 1.63. The fourth-order valence-corrected chi connectivity index (χ4v) is 1.63. The number of hydrogen-bond donors (Lipinski definition) is 0. The highest BCUT2D eigenvalue weighted by Crippen LogP contribution is 2.20. The smallest absolute Gasteiger partial charge is 0.250 e. The zero-order chi connectivity index (χ0) is 14.4. The van der Waals surface area contributed by atoms with Crippen molar-refractivity contribution in [2.24, 2.45) is 0 Å². The van der Waals surface area contributed by atoms with E-state index in [0.29, 0.717) is 18.3 Å². The van der Waals surface area contributed by atoms with Crippen molar-refractivity contribution in [3.63, 3.8) is 0 Å². The van der Waals surface area contributed by atoms with E-state index in [1.807, 2.05) is 44.4 Å². The number of para-hydroxylation sites is 1. The maximum Gasteiger partial charge on any atom is 0.250 e. The molecule has 0 aliphatic carbocycles. The summed E-state index contributed by atoms with van der Waals surface area (Å²) in [5, 5.41) is 3.75. The maximum absolute atomic E-state index is 5.78. The number of ether oxygens (including phenoxy) is 1. The third-order valence-electron chi connectivity index (χ3n) is 2.66. The summed E-state index contributed by atoms with van der Waals surface area (Å²) in [6, 6.07) is 7.87. The summed E-state index contributed by atoms with van der Waals surface area (Å²) in [4.78, 5) is 6.21. The van der Waals surface area contributed by atoms with Gasteiger partial charge in [-0.25, -0.2) is 0 Å². The lowest BCUT2D eigenvalue weighted by Gasteiger charge is -2.12. The lowest BCUT2D eigenvalue weighted by atomic mass is 10.2. The molecule has 0 radical (unpaired) electrons. The molecule has 1 aromatic carbocycles. The second-order valence-corrected chi connectivity index (χ2v) is 4.70. The molecule has 0 aliphatic rings. The molecule has 0 saturated carbocycles. The van der Waals surface area contributed by atoms with E-state index in [0.717, 1.165) is 17.9 Å². The molecule has 2 rings (SSSR count). The largest absolute Gasteiger partial charge is 0.492 e. The zero-order valence-corrected chi connectivity index (χ0v) is 12.0. The van der Waals surface area contributed by atoms with Crippen molar-refractivity contribution in [2.45, 2.75) is 6.92 Å². The van der Waals surface area contributed by atoms with Crippen LogP contribution in [-0.2, 0) is 0 Å². The topological polar surface area (TPSA) is 51.4 Å². The number of likely N-dealkylation sites (N-methyl/N-ethyl adjacent to an activating group) is 1. The molecule has 0 unspecified atom stereocenters. The van der Waals surface area contributed by atoms with Crippen molar-refractivity contribution < 1.29 is 9.26 Å². The van der Waals surface area contributed by atoms with Gasteiger partial charge in [0.1, 0.15) is 12.4 Å². The van der Waals surface area contributed by atoms with Crippen LogP contribution in [0.4, 0.5) is 0 Å². The third-order valence-corrected chi connectivity index (χ3v) is 2.66. The molecule has 2 aromatic rings. The highest BCUT2D eigenvalue weighted by molar-refractivity contribution is 5.69. The van der Waals surface area contributed by atoms with E-state index in [9.17, 15) is 0 Å². The first-order chi connectivity index (χ1) is 9.65. The average molecular weight is 273 g/mol. The quantitative estimate of drug-likeness (QED) is 0.809. The third kappa shape index (κ3) is 4.20. The summed E-state index contributed by atoms with van der Waals surface area (Å²) >= 11 is 0. The van der Waals surface area contributed by atoms with Crippen LogP contribution in [0.25, 0.3) is 12.2 Å². The Morgan fingerprint density at radius 2 is 2.05 bits per heavy atom. The SMILES string of the molecule is Cc1noc(/C=C/c2ccccc2OCCN(C)C)n1. The van der Waals surface area contributed by atoms with Crippen LogP contribution in [0.15, 0.2) is 28.8 Å². The molecule has 0 atom stereocenters. The molecule has 0 amide bonds. The van der Waals surface area contributed by atoms with Crippen LogP contribution >= 0.6 is 0 Å². The molecule has 106 valence electrons. The van der Waals surface area contributed by atoms with Crippen molar-refractivity contribution in [2.75, 3.05) is 27.2 Å². The number of aromatic nitrogens is 2. The Morgan fingerprint density at radius 1 is 1.25 bits per heavy atom. The van der Waals surface area contributed by atoms with Gasteiger partial charge in [-0.15, -0.1) is 0 Å². The lowest BCUT2D eigenvalue weighted by molar-refractivity contribution is 0.261. The van der Waals surface area contributed by atoms with Crippen molar-refractivity contribution in [3.05, 3.63) is 41.5 Å². The number of hydrogen-bond acceptors (Lipinski definition) is 5. The van der Waals surface area contributed by atoms with Gasteiger partial charge in [-0.3, -0.25) is 0 Å². The first kappa shape index (κ1) is 14.3. The molecule has 0 spiro atoms. The molecule has 0 bridgehead atoms. The molecular weight excluding hydrogens is 254 g/mol. The molecule has 0 fully saturated rings. The summed E-state index contributed by atoms with van der Waals surface area (Å²) in [7, 11) is 4.04. The molecular formula is C15H19N3O2. The molecule has 5 nitrogen and oxygen atoms in total. The van der Waals surface area contributed by atoms with Crippen LogP contribution in [0.5, 0.6) is 5.75 Å². The Hall–Kier alpha value is -2.14. The van der Waals surface area contributed by atoms with Gasteiger partial charge in [0.15, 0.2) is 5.82 Å². The standard InChI is InChI=1S/C15H19N3O2/c1-12-16-15(20-17-12)9-8-13-6-4-5-7-14(13)19-11-10-18(2)3/h4-9H,10-11H2,1-3H3/b9-8+. The monoisotopic (exact) mass is 273 g/mol. The normalized spacial score (nSPS) is 11.4. The first-order valence-corrected chi connectivity index (χ1v) is 6.50. The summed E-state index contributed by atoms with van der Waals surface area (Å²) in [6.45, 7) is 3.32. The Balaban J connectivity index is 2.05. The predicted octanol–water partition coefficient (Wildman–Crippen LogP) is 2.49. The minimum Gasteiger partial charge on any atom is -0.492 e. The van der Waals surface area contributed by atoms with Crippen LogP contribution in [-0.4, -0.2) is 42.3 Å². The Bertz CT molecular complexity index is 576. The molecule has 1 aromatic heterocycles. The fraction of sp³-hybridized carbons (Fsp3) is 0.333. The summed E-state index contributed by atoms with van der Waals surface area (Å²) < 4.78 is 10.8. The highest BCUT2D eigenvalue weighted by Gasteiger charge is 2.02. The van der Waals surface area contributed by atoms with Crippen LogP contribution in [0.3, 0.4) is 0 Å². The van der Waals surface area contributed by atoms with Crippen molar-refractivity contribution in [1.82, 2.24) is 15.0 Å². The van der Waals surface area contributed by atoms with Crippen molar-refractivity contribution >= 4 is 12.2 Å². The molecule has 0 N–H and O–H groups in total. The minimum absolute atomic E-state index is 0.491. The second kappa shape index (κ2) is 6.86. The number of rotatable bonds is 6. The summed E-state index contributed by atoms with van der Waals surface area (Å²) in [5.74, 6) is 1.97. The summed E-state index contributed by atoms with van der Waals surface area (Å²) in [6.07, 6.45) is 3.70. The van der Waals surface area contributed by atoms with E-state index < -0.39 is 0 Å². The van der Waals surface area contributed by atoms with Gasteiger partial charge in [0.25, 0.3) is 5.89 Å². The van der Waals surface area contributed by atoms with Gasteiger partial charge in [0.2, 0.25) is 0 Å². The van der Waals surface area contributed by atoms with Crippen LogP contribution in [0.2, 0.25) is 0 Å². The van der Waals surface area contributed by atoms with E-state index in [2.05, 4.69) is 15.0 Å². The van der Waals surface area contributed by atoms with Crippen molar-refractivity contribution in [1.29, 1.82) is 0 Å². The van der Waals surface area contributed by atoms with Crippen LogP contribution in [0, 0.1) is 6.92 Å². The van der Waals surface area contributed by atoms with Gasteiger partial charge in [-0.1, -0.05) is 23.4 Å². The minimum atomic E-state index is 0.491. The summed E-state index contributed by atoms with van der Waals surface area (Å²) in [5.41, 5.74) is 0.988. The number of aryl methyl sites for hydroxylation is 1. The zero-order valence-electron chi connectivity index (χ0n) is 12.0. The Labute approximate surface area is 118 Å². The molecule has 5 heteroatoms. The molecule has 1 heterocycles. The molecule has 0 saturated heterocycles. The van der Waals surface area contributed by atoms with E-state index in [1.165, 1.54) is 0 Å². The first-order valence-electron chi connectivity index (χ1n) is 6.50. The van der Waals surface area contributed by atoms with Gasteiger partial charge < -0.3 is 14.2 Å². The predicted molar refractivity (Wildman–Crippen MR) is 78.5 cm³/mol. The second-order valence-electron chi connectivity index (χ2n) is 4.70.